The molecule has 25 heavy (non-hydrogen) atoms. The lowest BCUT2D eigenvalue weighted by atomic mass is 9.99. The second-order valence-corrected chi connectivity index (χ2v) is 7.23. The van der Waals surface area contributed by atoms with Gasteiger partial charge in [0, 0.05) is 23.2 Å². The van der Waals surface area contributed by atoms with Gasteiger partial charge >= 0.3 is 0 Å². The van der Waals surface area contributed by atoms with E-state index in [9.17, 15) is 9.18 Å². The topological polar surface area (TPSA) is 33.2 Å². The molecule has 0 unspecified atom stereocenters. The molecule has 0 saturated heterocycles. The smallest absolute Gasteiger partial charge is 0.246 e. The molecule has 0 saturated carbocycles. The highest BCUT2D eigenvalue weighted by atomic mass is 32.1. The standard InChI is InChI=1S/C20H21FN2OS/c1-2-19(24)23(13-15-8-4-3-5-9-15)14-16-12-22-20(25-16)17-10-6-7-11-18(17)21/h2,6-8,10-12H,1,3-5,9,13-14H2. The highest BCUT2D eigenvalue weighted by molar-refractivity contribution is 7.15. The van der Waals surface area contributed by atoms with Gasteiger partial charge < -0.3 is 4.90 Å². The Morgan fingerprint density at radius 1 is 1.32 bits per heavy atom. The van der Waals surface area contributed by atoms with Gasteiger partial charge in [-0.1, -0.05) is 30.4 Å². The van der Waals surface area contributed by atoms with Crippen LogP contribution in [0.3, 0.4) is 0 Å². The molecule has 1 aliphatic carbocycles. The molecular formula is C20H21FN2OS. The maximum atomic E-state index is 13.9. The van der Waals surface area contributed by atoms with Crippen LogP contribution in [-0.4, -0.2) is 22.3 Å². The number of halogens is 1. The summed E-state index contributed by atoms with van der Waals surface area (Å²) >= 11 is 1.42. The van der Waals surface area contributed by atoms with Gasteiger partial charge in [0.05, 0.1) is 6.54 Å². The van der Waals surface area contributed by atoms with Crippen molar-refractivity contribution in [3.05, 3.63) is 65.5 Å². The van der Waals surface area contributed by atoms with E-state index in [1.165, 1.54) is 41.9 Å². The zero-order valence-corrected chi connectivity index (χ0v) is 14.9. The van der Waals surface area contributed by atoms with E-state index in [1.54, 1.807) is 29.3 Å². The molecule has 3 nitrogen and oxygen atoms in total. The number of carbonyl (C=O) groups is 1. The first-order chi connectivity index (χ1) is 12.2. The third kappa shape index (κ3) is 4.42. The highest BCUT2D eigenvalue weighted by Crippen LogP contribution is 2.28. The molecule has 0 atom stereocenters. The number of amides is 1. The zero-order valence-electron chi connectivity index (χ0n) is 14.1. The van der Waals surface area contributed by atoms with Crippen LogP contribution in [-0.2, 0) is 11.3 Å². The van der Waals surface area contributed by atoms with Gasteiger partial charge in [-0.3, -0.25) is 4.79 Å². The number of thiazole rings is 1. The number of allylic oxidation sites excluding steroid dienone is 1. The Hall–Kier alpha value is -2.27. The number of nitrogens with zero attached hydrogens (tertiary/aromatic N) is 2. The number of hydrogen-bond donors (Lipinski definition) is 0. The molecule has 0 N–H and O–H groups in total. The first-order valence-electron chi connectivity index (χ1n) is 8.46. The van der Waals surface area contributed by atoms with Gasteiger partial charge in [-0.25, -0.2) is 9.37 Å². The Kier molecular flexibility index (Phi) is 5.76. The van der Waals surface area contributed by atoms with Crippen molar-refractivity contribution < 1.29 is 9.18 Å². The van der Waals surface area contributed by atoms with E-state index in [-0.39, 0.29) is 11.7 Å². The summed E-state index contributed by atoms with van der Waals surface area (Å²) in [5.74, 6) is -0.373. The van der Waals surface area contributed by atoms with E-state index in [0.717, 1.165) is 17.7 Å². The van der Waals surface area contributed by atoms with Crippen molar-refractivity contribution in [2.24, 2.45) is 0 Å². The van der Waals surface area contributed by atoms with E-state index in [4.69, 9.17) is 0 Å². The summed E-state index contributed by atoms with van der Waals surface area (Å²) in [5, 5.41) is 0.635. The summed E-state index contributed by atoms with van der Waals surface area (Å²) in [4.78, 5) is 19.3. The predicted octanol–water partition coefficient (Wildman–Crippen LogP) is 4.96. The molecular weight excluding hydrogens is 335 g/mol. The number of benzene rings is 1. The van der Waals surface area contributed by atoms with E-state index < -0.39 is 0 Å². The van der Waals surface area contributed by atoms with E-state index in [1.807, 2.05) is 0 Å². The maximum absolute atomic E-state index is 13.9. The normalized spacial score (nSPS) is 14.0. The van der Waals surface area contributed by atoms with Crippen molar-refractivity contribution in [1.29, 1.82) is 0 Å². The van der Waals surface area contributed by atoms with Crippen molar-refractivity contribution in [2.45, 2.75) is 32.2 Å². The lowest BCUT2D eigenvalue weighted by Gasteiger charge is -2.23. The van der Waals surface area contributed by atoms with Crippen LogP contribution in [0.5, 0.6) is 0 Å². The van der Waals surface area contributed by atoms with E-state index >= 15 is 0 Å². The molecule has 3 rings (SSSR count). The molecule has 0 aliphatic heterocycles. The molecule has 1 aliphatic rings. The Morgan fingerprint density at radius 3 is 2.88 bits per heavy atom. The van der Waals surface area contributed by atoms with Crippen LogP contribution in [0.15, 0.2) is 54.8 Å². The third-order valence-electron chi connectivity index (χ3n) is 4.27. The van der Waals surface area contributed by atoms with E-state index in [0.29, 0.717) is 23.7 Å². The molecule has 130 valence electrons. The first-order valence-corrected chi connectivity index (χ1v) is 9.28. The molecule has 0 radical (unpaired) electrons. The largest absolute Gasteiger partial charge is 0.330 e. The Balaban J connectivity index is 1.76. The van der Waals surface area contributed by atoms with Gasteiger partial charge in [0.25, 0.3) is 0 Å². The SMILES string of the molecule is C=CC(=O)N(CC1=CCCCC1)Cc1cnc(-c2ccccc2F)s1. The predicted molar refractivity (Wildman–Crippen MR) is 99.7 cm³/mol. The summed E-state index contributed by atoms with van der Waals surface area (Å²) in [6.07, 6.45) is 9.85. The second-order valence-electron chi connectivity index (χ2n) is 6.12. The zero-order chi connectivity index (χ0) is 17.6. The van der Waals surface area contributed by atoms with E-state index in [2.05, 4.69) is 17.6 Å². The van der Waals surface area contributed by atoms with Crippen molar-refractivity contribution in [3.8, 4) is 10.6 Å². The van der Waals surface area contributed by atoms with Gasteiger partial charge in [0.1, 0.15) is 10.8 Å². The van der Waals surface area contributed by atoms with Crippen molar-refractivity contribution in [2.75, 3.05) is 6.54 Å². The van der Waals surface area contributed by atoms with Gasteiger partial charge in [-0.2, -0.15) is 0 Å². The Labute approximate surface area is 151 Å². The maximum Gasteiger partial charge on any atom is 0.246 e. The Bertz CT molecular complexity index is 796. The molecule has 1 heterocycles. The minimum absolute atomic E-state index is 0.0904. The van der Waals surface area contributed by atoms with Crippen molar-refractivity contribution in [1.82, 2.24) is 9.88 Å². The van der Waals surface area contributed by atoms with Crippen LogP contribution in [0.1, 0.15) is 30.6 Å². The van der Waals surface area contributed by atoms with Gasteiger partial charge in [0.2, 0.25) is 5.91 Å². The molecule has 5 heteroatoms. The third-order valence-corrected chi connectivity index (χ3v) is 5.29. The van der Waals surface area contributed by atoms with Crippen molar-refractivity contribution >= 4 is 17.2 Å². The summed E-state index contributed by atoms with van der Waals surface area (Å²) in [6.45, 7) is 4.70. The molecule has 0 bridgehead atoms. The second kappa shape index (κ2) is 8.21. The fourth-order valence-electron chi connectivity index (χ4n) is 2.96. The van der Waals surface area contributed by atoms with Crippen LogP contribution in [0.25, 0.3) is 10.6 Å². The highest BCUT2D eigenvalue weighted by Gasteiger charge is 2.17. The lowest BCUT2D eigenvalue weighted by molar-refractivity contribution is -0.126. The van der Waals surface area contributed by atoms with Gasteiger partial charge in [0.15, 0.2) is 0 Å². The fraction of sp³-hybridized carbons (Fsp3) is 0.300. The van der Waals surface area contributed by atoms with Gasteiger partial charge in [-0.05, 0) is 43.9 Å². The summed E-state index contributed by atoms with van der Waals surface area (Å²) in [6, 6.07) is 6.61. The monoisotopic (exact) mass is 356 g/mol. The Morgan fingerprint density at radius 2 is 2.16 bits per heavy atom. The van der Waals surface area contributed by atoms with Crippen LogP contribution in [0.4, 0.5) is 4.39 Å². The molecule has 0 spiro atoms. The van der Waals surface area contributed by atoms with Crippen molar-refractivity contribution in [3.63, 3.8) is 0 Å². The molecule has 1 aromatic heterocycles. The molecule has 1 amide bonds. The number of rotatable bonds is 6. The molecule has 2 aromatic rings. The van der Waals surface area contributed by atoms with Crippen LogP contribution >= 0.6 is 11.3 Å². The van der Waals surface area contributed by atoms with Crippen LogP contribution in [0, 0.1) is 5.82 Å². The van der Waals surface area contributed by atoms with Crippen LogP contribution in [0.2, 0.25) is 0 Å². The number of aromatic nitrogens is 1. The summed E-state index contributed by atoms with van der Waals surface area (Å²) in [5.41, 5.74) is 1.80. The number of hydrogen-bond acceptors (Lipinski definition) is 3. The summed E-state index contributed by atoms with van der Waals surface area (Å²) in [7, 11) is 0. The minimum Gasteiger partial charge on any atom is -0.330 e. The number of carbonyl (C=O) groups excluding carboxylic acids is 1. The first kappa shape index (κ1) is 17.5. The lowest BCUT2D eigenvalue weighted by Crippen LogP contribution is -2.30. The van der Waals surface area contributed by atoms with Gasteiger partial charge in [-0.15, -0.1) is 11.3 Å². The average molecular weight is 356 g/mol. The quantitative estimate of drug-likeness (QED) is 0.541. The minimum atomic E-state index is -0.283. The van der Waals surface area contributed by atoms with Crippen LogP contribution < -0.4 is 0 Å². The average Bonchev–Trinajstić information content (AvgIpc) is 3.10. The summed E-state index contributed by atoms with van der Waals surface area (Å²) < 4.78 is 13.9. The molecule has 1 aromatic carbocycles. The molecule has 0 fully saturated rings. The fourth-order valence-corrected chi connectivity index (χ4v) is 3.92.